The number of hydrogen-bond donors (Lipinski definition) is 1. The van der Waals surface area contributed by atoms with E-state index in [9.17, 15) is 9.59 Å². The van der Waals surface area contributed by atoms with Crippen LogP contribution >= 0.6 is 23.2 Å². The maximum atomic E-state index is 12.1. The lowest BCUT2D eigenvalue weighted by atomic mass is 10.2. The Labute approximate surface area is 148 Å². The highest BCUT2D eigenvalue weighted by Gasteiger charge is 2.20. The van der Waals surface area contributed by atoms with E-state index in [1.54, 1.807) is 0 Å². The number of nitriles is 1. The van der Waals surface area contributed by atoms with Crippen molar-refractivity contribution in [2.24, 2.45) is 0 Å². The van der Waals surface area contributed by atoms with Gasteiger partial charge in [-0.05, 0) is 37.3 Å². The maximum absolute atomic E-state index is 12.1. The Kier molecular flexibility index (Phi) is 5.74. The molecule has 1 amide bonds. The topological polar surface area (TPSA) is 92.1 Å². The van der Waals surface area contributed by atoms with Gasteiger partial charge in [0.25, 0.3) is 5.91 Å². The molecule has 0 saturated heterocycles. The molecule has 122 valence electrons. The van der Waals surface area contributed by atoms with E-state index in [0.29, 0.717) is 16.3 Å². The number of ether oxygens (including phenoxy) is 1. The summed E-state index contributed by atoms with van der Waals surface area (Å²) in [6, 6.07) is 9.21. The predicted molar refractivity (Wildman–Crippen MR) is 88.9 cm³/mol. The summed E-state index contributed by atoms with van der Waals surface area (Å²) in [5, 5.41) is 11.9. The average Bonchev–Trinajstić information content (AvgIpc) is 2.55. The number of anilines is 1. The number of halogens is 2. The third kappa shape index (κ3) is 4.44. The van der Waals surface area contributed by atoms with Gasteiger partial charge in [0.2, 0.25) is 0 Å². The first kappa shape index (κ1) is 17.7. The number of pyridine rings is 1. The second-order valence-electron chi connectivity index (χ2n) is 4.70. The largest absolute Gasteiger partial charge is 0.448 e. The fourth-order valence-corrected chi connectivity index (χ4v) is 2.10. The molecule has 8 heteroatoms. The smallest absolute Gasteiger partial charge is 0.357 e. The molecule has 0 radical (unpaired) electrons. The average molecular weight is 364 g/mol. The number of rotatable bonds is 4. The van der Waals surface area contributed by atoms with Crippen LogP contribution in [0.2, 0.25) is 10.0 Å². The van der Waals surface area contributed by atoms with Gasteiger partial charge in [0, 0.05) is 16.9 Å². The van der Waals surface area contributed by atoms with Gasteiger partial charge in [-0.2, -0.15) is 5.26 Å². The van der Waals surface area contributed by atoms with E-state index >= 15 is 0 Å². The maximum Gasteiger partial charge on any atom is 0.357 e. The second kappa shape index (κ2) is 7.77. The lowest BCUT2D eigenvalue weighted by Gasteiger charge is -2.13. The van der Waals surface area contributed by atoms with Gasteiger partial charge in [-0.15, -0.1) is 0 Å². The highest BCUT2D eigenvalue weighted by Crippen LogP contribution is 2.20. The van der Waals surface area contributed by atoms with Gasteiger partial charge in [-0.25, -0.2) is 9.78 Å². The molecule has 0 unspecified atom stereocenters. The van der Waals surface area contributed by atoms with Crippen LogP contribution < -0.4 is 5.32 Å². The van der Waals surface area contributed by atoms with E-state index in [1.165, 1.54) is 43.5 Å². The first-order valence-corrected chi connectivity index (χ1v) is 7.49. The van der Waals surface area contributed by atoms with Crippen molar-refractivity contribution < 1.29 is 14.3 Å². The predicted octanol–water partition coefficient (Wildman–Crippen LogP) is 3.44. The Morgan fingerprint density at radius 3 is 2.67 bits per heavy atom. The Morgan fingerprint density at radius 2 is 2.04 bits per heavy atom. The third-order valence-corrected chi connectivity index (χ3v) is 3.49. The van der Waals surface area contributed by atoms with Crippen molar-refractivity contribution in [3.63, 3.8) is 0 Å². The van der Waals surface area contributed by atoms with Crippen LogP contribution in [0.4, 0.5) is 5.69 Å². The molecule has 2 aromatic rings. The van der Waals surface area contributed by atoms with Gasteiger partial charge < -0.3 is 10.1 Å². The SMILES string of the molecule is C[C@@H](OC(=O)c1cc(Cl)ccn1)C(=O)Nc1ccc(C#N)c(Cl)c1. The van der Waals surface area contributed by atoms with Crippen LogP contribution in [0.1, 0.15) is 23.0 Å². The third-order valence-electron chi connectivity index (χ3n) is 2.94. The van der Waals surface area contributed by atoms with Crippen LogP contribution in [0.3, 0.4) is 0 Å². The number of amides is 1. The summed E-state index contributed by atoms with van der Waals surface area (Å²) >= 11 is 11.7. The Balaban J connectivity index is 2.01. The van der Waals surface area contributed by atoms with E-state index in [0.717, 1.165) is 0 Å². The Bertz CT molecular complexity index is 834. The van der Waals surface area contributed by atoms with Crippen molar-refractivity contribution in [3.8, 4) is 6.07 Å². The Morgan fingerprint density at radius 1 is 1.29 bits per heavy atom. The van der Waals surface area contributed by atoms with Crippen molar-refractivity contribution >= 4 is 40.8 Å². The van der Waals surface area contributed by atoms with Crippen molar-refractivity contribution in [3.05, 3.63) is 57.8 Å². The fraction of sp³-hybridized carbons (Fsp3) is 0.125. The van der Waals surface area contributed by atoms with Crippen LogP contribution in [-0.2, 0) is 9.53 Å². The normalized spacial score (nSPS) is 11.2. The quantitative estimate of drug-likeness (QED) is 0.839. The van der Waals surface area contributed by atoms with E-state index in [2.05, 4.69) is 10.3 Å². The summed E-state index contributed by atoms with van der Waals surface area (Å²) in [5.74, 6) is -1.32. The molecule has 0 bridgehead atoms. The molecule has 0 aliphatic carbocycles. The van der Waals surface area contributed by atoms with Crippen molar-refractivity contribution in [1.82, 2.24) is 4.98 Å². The highest BCUT2D eigenvalue weighted by molar-refractivity contribution is 6.32. The van der Waals surface area contributed by atoms with Gasteiger partial charge in [0.1, 0.15) is 11.8 Å². The molecule has 0 aliphatic heterocycles. The molecule has 1 atom stereocenters. The molecule has 1 aromatic carbocycles. The van der Waals surface area contributed by atoms with Crippen LogP contribution in [0.25, 0.3) is 0 Å². The molecule has 1 heterocycles. The van der Waals surface area contributed by atoms with Crippen LogP contribution in [0.5, 0.6) is 0 Å². The zero-order valence-corrected chi connectivity index (χ0v) is 13.9. The lowest BCUT2D eigenvalue weighted by molar-refractivity contribution is -0.123. The summed E-state index contributed by atoms with van der Waals surface area (Å²) in [7, 11) is 0. The number of esters is 1. The molecule has 0 spiro atoms. The Hall–Kier alpha value is -2.62. The number of carbonyl (C=O) groups excluding carboxylic acids is 2. The standard InChI is InChI=1S/C16H11Cl2N3O3/c1-9(24-16(23)14-6-11(17)4-5-20-14)15(22)21-12-3-2-10(8-19)13(18)7-12/h2-7,9H,1H3,(H,21,22)/t9-/m1/s1. The summed E-state index contributed by atoms with van der Waals surface area (Å²) < 4.78 is 5.04. The molecule has 24 heavy (non-hydrogen) atoms. The summed E-state index contributed by atoms with van der Waals surface area (Å²) in [6.45, 7) is 1.42. The number of aromatic nitrogens is 1. The van der Waals surface area contributed by atoms with Crippen molar-refractivity contribution in [1.29, 1.82) is 5.26 Å². The minimum absolute atomic E-state index is 0.00330. The molecule has 1 aromatic heterocycles. The van der Waals surface area contributed by atoms with Crippen molar-refractivity contribution in [2.45, 2.75) is 13.0 Å². The molecule has 2 rings (SSSR count). The molecule has 0 fully saturated rings. The van der Waals surface area contributed by atoms with Crippen LogP contribution in [0, 0.1) is 11.3 Å². The van der Waals surface area contributed by atoms with Gasteiger partial charge in [-0.3, -0.25) is 4.79 Å². The van der Waals surface area contributed by atoms with Crippen LogP contribution in [-0.4, -0.2) is 23.0 Å². The summed E-state index contributed by atoms with van der Waals surface area (Å²) in [4.78, 5) is 27.8. The minimum atomic E-state index is -1.06. The van der Waals surface area contributed by atoms with E-state index < -0.39 is 18.0 Å². The van der Waals surface area contributed by atoms with E-state index in [1.807, 2.05) is 6.07 Å². The fourth-order valence-electron chi connectivity index (χ4n) is 1.72. The number of nitrogens with zero attached hydrogens (tertiary/aromatic N) is 2. The van der Waals surface area contributed by atoms with Gasteiger partial charge in [0.05, 0.1) is 10.6 Å². The van der Waals surface area contributed by atoms with Crippen LogP contribution in [0.15, 0.2) is 36.5 Å². The first-order valence-electron chi connectivity index (χ1n) is 6.73. The van der Waals surface area contributed by atoms with Crippen molar-refractivity contribution in [2.75, 3.05) is 5.32 Å². The zero-order valence-electron chi connectivity index (χ0n) is 12.4. The monoisotopic (exact) mass is 363 g/mol. The molecule has 6 nitrogen and oxygen atoms in total. The highest BCUT2D eigenvalue weighted by atomic mass is 35.5. The van der Waals surface area contributed by atoms with Gasteiger partial charge in [0.15, 0.2) is 6.10 Å². The summed E-state index contributed by atoms with van der Waals surface area (Å²) in [6.07, 6.45) is 0.301. The molecule has 0 aliphatic rings. The van der Waals surface area contributed by atoms with Gasteiger partial charge >= 0.3 is 5.97 Å². The second-order valence-corrected chi connectivity index (χ2v) is 5.55. The summed E-state index contributed by atoms with van der Waals surface area (Å²) in [5.41, 5.74) is 0.678. The van der Waals surface area contributed by atoms with Gasteiger partial charge in [-0.1, -0.05) is 23.2 Å². The van der Waals surface area contributed by atoms with E-state index in [4.69, 9.17) is 33.2 Å². The van der Waals surface area contributed by atoms with E-state index in [-0.39, 0.29) is 10.7 Å². The number of hydrogen-bond acceptors (Lipinski definition) is 5. The minimum Gasteiger partial charge on any atom is -0.448 e. The lowest BCUT2D eigenvalue weighted by Crippen LogP contribution is -2.30. The zero-order chi connectivity index (χ0) is 17.7. The molecular formula is C16H11Cl2N3O3. The number of benzene rings is 1. The molecular weight excluding hydrogens is 353 g/mol. The molecule has 1 N–H and O–H groups in total. The molecule has 0 saturated carbocycles. The number of carbonyl (C=O) groups is 2. The first-order chi connectivity index (χ1) is 11.4. The number of nitrogens with one attached hydrogen (secondary N) is 1.